The molecule has 0 saturated carbocycles. The van der Waals surface area contributed by atoms with E-state index in [4.69, 9.17) is 9.47 Å². The Bertz CT molecular complexity index is 432. The van der Waals surface area contributed by atoms with Crippen LogP contribution in [0.2, 0.25) is 0 Å². The van der Waals surface area contributed by atoms with E-state index in [9.17, 15) is 4.79 Å². The van der Waals surface area contributed by atoms with Crippen molar-refractivity contribution in [2.24, 2.45) is 0 Å². The third-order valence-corrected chi connectivity index (χ3v) is 2.91. The summed E-state index contributed by atoms with van der Waals surface area (Å²) in [4.78, 5) is 11.0. The van der Waals surface area contributed by atoms with E-state index in [-0.39, 0.29) is 12.5 Å². The van der Waals surface area contributed by atoms with Crippen LogP contribution in [0.3, 0.4) is 0 Å². The highest BCUT2D eigenvalue weighted by Crippen LogP contribution is 2.28. The summed E-state index contributed by atoms with van der Waals surface area (Å²) in [6.07, 6.45) is 0.774. The second kappa shape index (κ2) is 7.63. The number of hydrogen-bond acceptors (Lipinski definition) is 5. The van der Waals surface area contributed by atoms with Gasteiger partial charge in [-0.2, -0.15) is 0 Å². The van der Waals surface area contributed by atoms with Gasteiger partial charge in [-0.25, -0.2) is 0 Å². The van der Waals surface area contributed by atoms with Crippen LogP contribution in [0, 0.1) is 6.92 Å². The van der Waals surface area contributed by atoms with Crippen molar-refractivity contribution in [1.29, 1.82) is 0 Å². The van der Waals surface area contributed by atoms with Gasteiger partial charge in [0.1, 0.15) is 11.5 Å². The minimum Gasteiger partial charge on any atom is -0.497 e. The molecule has 0 heterocycles. The molecule has 106 valence electrons. The number of ether oxygens (including phenoxy) is 3. The molecule has 0 atom stereocenters. The Balaban J connectivity index is 2.64. The summed E-state index contributed by atoms with van der Waals surface area (Å²) in [5.41, 5.74) is 2.22. The molecule has 5 heteroatoms. The molecule has 1 aromatic rings. The zero-order valence-corrected chi connectivity index (χ0v) is 11.9. The molecule has 19 heavy (non-hydrogen) atoms. The molecule has 0 fully saturated rings. The average molecular weight is 267 g/mol. The Kier molecular flexibility index (Phi) is 6.15. The van der Waals surface area contributed by atoms with Crippen molar-refractivity contribution in [2.45, 2.75) is 13.3 Å². The SMILES string of the molecule is COC(=O)CNCCc1c(C)cc(OC)cc1OC. The van der Waals surface area contributed by atoms with Gasteiger partial charge in [0.2, 0.25) is 0 Å². The van der Waals surface area contributed by atoms with Crippen LogP contribution in [0.1, 0.15) is 11.1 Å². The van der Waals surface area contributed by atoms with Crippen molar-refractivity contribution < 1.29 is 19.0 Å². The molecule has 0 bridgehead atoms. The number of esters is 1. The van der Waals surface area contributed by atoms with Crippen LogP contribution < -0.4 is 14.8 Å². The van der Waals surface area contributed by atoms with Gasteiger partial charge in [0.05, 0.1) is 27.9 Å². The number of benzene rings is 1. The molecule has 1 rings (SSSR count). The lowest BCUT2D eigenvalue weighted by Gasteiger charge is -2.14. The smallest absolute Gasteiger partial charge is 0.319 e. The van der Waals surface area contributed by atoms with Crippen LogP contribution in [0.15, 0.2) is 12.1 Å². The van der Waals surface area contributed by atoms with E-state index in [0.29, 0.717) is 6.54 Å². The first-order chi connectivity index (χ1) is 9.12. The third kappa shape index (κ3) is 4.44. The van der Waals surface area contributed by atoms with Gasteiger partial charge in [-0.15, -0.1) is 0 Å². The maximum Gasteiger partial charge on any atom is 0.319 e. The van der Waals surface area contributed by atoms with E-state index in [1.54, 1.807) is 14.2 Å². The fraction of sp³-hybridized carbons (Fsp3) is 0.500. The molecule has 1 N–H and O–H groups in total. The molecule has 0 aromatic heterocycles. The van der Waals surface area contributed by atoms with Gasteiger partial charge in [0.25, 0.3) is 0 Å². The lowest BCUT2D eigenvalue weighted by atomic mass is 10.0. The van der Waals surface area contributed by atoms with E-state index in [1.165, 1.54) is 7.11 Å². The summed E-state index contributed by atoms with van der Waals surface area (Å²) in [6.45, 7) is 2.91. The summed E-state index contributed by atoms with van der Waals surface area (Å²) in [6, 6.07) is 3.83. The van der Waals surface area contributed by atoms with Gasteiger partial charge in [-0.1, -0.05) is 0 Å². The van der Waals surface area contributed by atoms with Crippen molar-refractivity contribution in [3.05, 3.63) is 23.3 Å². The van der Waals surface area contributed by atoms with E-state index < -0.39 is 0 Å². The molecule has 0 unspecified atom stereocenters. The van der Waals surface area contributed by atoms with E-state index in [1.807, 2.05) is 19.1 Å². The van der Waals surface area contributed by atoms with Gasteiger partial charge in [-0.3, -0.25) is 4.79 Å². The number of carbonyl (C=O) groups is 1. The summed E-state index contributed by atoms with van der Waals surface area (Å²) < 4.78 is 15.1. The average Bonchev–Trinajstić information content (AvgIpc) is 2.43. The van der Waals surface area contributed by atoms with Crippen molar-refractivity contribution >= 4 is 5.97 Å². The molecule has 0 saturated heterocycles. The molecule has 0 aliphatic rings. The molecular weight excluding hydrogens is 246 g/mol. The van der Waals surface area contributed by atoms with Gasteiger partial charge in [-0.05, 0) is 37.1 Å². The standard InChI is InChI=1S/C14H21NO4/c1-10-7-11(17-2)8-13(18-3)12(10)5-6-15-9-14(16)19-4/h7-8,15H,5-6,9H2,1-4H3. The third-order valence-electron chi connectivity index (χ3n) is 2.91. The highest BCUT2D eigenvalue weighted by molar-refractivity contribution is 5.71. The van der Waals surface area contributed by atoms with Crippen molar-refractivity contribution in [1.82, 2.24) is 5.32 Å². The highest BCUT2D eigenvalue weighted by atomic mass is 16.5. The lowest BCUT2D eigenvalue weighted by molar-refractivity contribution is -0.139. The molecule has 0 amide bonds. The molecular formula is C14H21NO4. The van der Waals surface area contributed by atoms with E-state index >= 15 is 0 Å². The number of methoxy groups -OCH3 is 3. The van der Waals surface area contributed by atoms with Crippen molar-refractivity contribution in [3.8, 4) is 11.5 Å². The van der Waals surface area contributed by atoms with Crippen molar-refractivity contribution in [3.63, 3.8) is 0 Å². The number of carbonyl (C=O) groups excluding carboxylic acids is 1. The summed E-state index contributed by atoms with van der Waals surface area (Å²) in [7, 11) is 4.64. The Morgan fingerprint density at radius 1 is 1.21 bits per heavy atom. The molecule has 0 spiro atoms. The van der Waals surface area contributed by atoms with Crippen LogP contribution in [0.4, 0.5) is 0 Å². The quantitative estimate of drug-likeness (QED) is 0.596. The van der Waals surface area contributed by atoms with Gasteiger partial charge >= 0.3 is 5.97 Å². The first-order valence-electron chi connectivity index (χ1n) is 6.11. The van der Waals surface area contributed by atoms with Gasteiger partial charge < -0.3 is 19.5 Å². The van der Waals surface area contributed by atoms with Crippen LogP contribution in [-0.2, 0) is 16.0 Å². The van der Waals surface area contributed by atoms with Crippen LogP contribution in [0.5, 0.6) is 11.5 Å². The Morgan fingerprint density at radius 2 is 1.95 bits per heavy atom. The Labute approximate surface area is 113 Å². The molecule has 5 nitrogen and oxygen atoms in total. The van der Waals surface area contributed by atoms with Gasteiger partial charge in [0.15, 0.2) is 0 Å². The predicted octanol–water partition coefficient (Wildman–Crippen LogP) is 1.32. The second-order valence-electron chi connectivity index (χ2n) is 4.13. The normalized spacial score (nSPS) is 10.1. The monoisotopic (exact) mass is 267 g/mol. The number of aryl methyl sites for hydroxylation is 1. The van der Waals surface area contributed by atoms with Crippen LogP contribution in [0.25, 0.3) is 0 Å². The number of nitrogens with one attached hydrogen (secondary N) is 1. The largest absolute Gasteiger partial charge is 0.497 e. The zero-order valence-electron chi connectivity index (χ0n) is 11.9. The maximum absolute atomic E-state index is 11.0. The van der Waals surface area contributed by atoms with E-state index in [2.05, 4.69) is 10.1 Å². The summed E-state index contributed by atoms with van der Waals surface area (Å²) in [5.74, 6) is 1.32. The first-order valence-corrected chi connectivity index (χ1v) is 6.11. The molecule has 0 radical (unpaired) electrons. The van der Waals surface area contributed by atoms with Crippen LogP contribution >= 0.6 is 0 Å². The Hall–Kier alpha value is -1.75. The second-order valence-corrected chi connectivity index (χ2v) is 4.13. The summed E-state index contributed by atoms with van der Waals surface area (Å²) in [5, 5.41) is 3.03. The number of hydrogen-bond donors (Lipinski definition) is 1. The van der Waals surface area contributed by atoms with E-state index in [0.717, 1.165) is 29.0 Å². The minimum absolute atomic E-state index is 0.216. The highest BCUT2D eigenvalue weighted by Gasteiger charge is 2.09. The fourth-order valence-electron chi connectivity index (χ4n) is 1.85. The first kappa shape index (κ1) is 15.3. The maximum atomic E-state index is 11.0. The van der Waals surface area contributed by atoms with Gasteiger partial charge in [0, 0.05) is 6.07 Å². The fourth-order valence-corrected chi connectivity index (χ4v) is 1.85. The van der Waals surface area contributed by atoms with Crippen molar-refractivity contribution in [2.75, 3.05) is 34.4 Å². The Morgan fingerprint density at radius 3 is 2.53 bits per heavy atom. The molecule has 0 aliphatic carbocycles. The molecule has 1 aromatic carbocycles. The van der Waals surface area contributed by atoms with Crippen LogP contribution in [-0.4, -0.2) is 40.4 Å². The lowest BCUT2D eigenvalue weighted by Crippen LogP contribution is -2.26. The molecule has 0 aliphatic heterocycles. The topological polar surface area (TPSA) is 56.8 Å². The summed E-state index contributed by atoms with van der Waals surface area (Å²) >= 11 is 0. The zero-order chi connectivity index (χ0) is 14.3. The number of rotatable bonds is 7. The minimum atomic E-state index is -0.265. The predicted molar refractivity (Wildman–Crippen MR) is 72.9 cm³/mol.